The Labute approximate surface area is 301 Å². The van der Waals surface area contributed by atoms with Crippen LogP contribution in [0.1, 0.15) is 35.6 Å². The van der Waals surface area contributed by atoms with E-state index in [0.29, 0.717) is 5.92 Å². The molecule has 0 spiro atoms. The van der Waals surface area contributed by atoms with Gasteiger partial charge in [0.25, 0.3) is 0 Å². The number of rotatable bonds is 3. The number of nitrogens with zero attached hydrogens (tertiary/aromatic N) is 2. The first-order valence-corrected chi connectivity index (χ1v) is 18.6. The molecular formula is C50H34N2. The first kappa shape index (κ1) is 28.3. The van der Waals surface area contributed by atoms with Gasteiger partial charge >= 0.3 is 0 Å². The maximum Gasteiger partial charge on any atom is 0.0628 e. The Morgan fingerprint density at radius 2 is 1.31 bits per heavy atom. The molecule has 2 nitrogen and oxygen atoms in total. The van der Waals surface area contributed by atoms with Crippen molar-refractivity contribution in [2.24, 2.45) is 0 Å². The summed E-state index contributed by atoms with van der Waals surface area (Å²) in [6.07, 6.45) is 16.9. The maximum atomic E-state index is 2.59. The number of aromatic nitrogens is 2. The topological polar surface area (TPSA) is 9.34 Å². The number of benzene rings is 7. The van der Waals surface area contributed by atoms with Gasteiger partial charge < -0.3 is 8.97 Å². The standard InChI is InChI=1S/C50H34N2/c1-4-12-31(13-5-1)33-20-22-35-26-41-42-30-47-48(40-18-10-11-19-44(40)51(47)39-16-8-3-9-17-39)49-43-27-36-23-21-34(32-14-6-2-7-15-32)25-38(36)29-46(43)52(50(42)49)45(41)28-37(35)24-33/h1-10,12,14-18,20-31H,11,13,19H2. The number of para-hydroxylation sites is 1. The molecule has 1 unspecified atom stereocenters. The molecule has 2 heteroatoms. The van der Waals surface area contributed by atoms with Crippen LogP contribution in [0.15, 0.2) is 158 Å². The van der Waals surface area contributed by atoms with Gasteiger partial charge in [0, 0.05) is 49.8 Å². The predicted molar refractivity (Wildman–Crippen MR) is 221 cm³/mol. The van der Waals surface area contributed by atoms with Gasteiger partial charge in [-0.25, -0.2) is 0 Å². The molecule has 52 heavy (non-hydrogen) atoms. The van der Waals surface area contributed by atoms with E-state index in [4.69, 9.17) is 0 Å². The Morgan fingerprint density at radius 3 is 2.13 bits per heavy atom. The molecule has 12 rings (SSSR count). The van der Waals surface area contributed by atoms with Crippen LogP contribution in [-0.2, 0) is 6.42 Å². The molecule has 244 valence electrons. The molecule has 0 bridgehead atoms. The van der Waals surface area contributed by atoms with Gasteiger partial charge in [-0.3, -0.25) is 0 Å². The Hall–Kier alpha value is -6.38. The van der Waals surface area contributed by atoms with Crippen LogP contribution < -0.4 is 0 Å². The predicted octanol–water partition coefficient (Wildman–Crippen LogP) is 13.3. The van der Waals surface area contributed by atoms with E-state index in [1.807, 2.05) is 0 Å². The van der Waals surface area contributed by atoms with Crippen LogP contribution in [0.2, 0.25) is 0 Å². The first-order chi connectivity index (χ1) is 25.8. The summed E-state index contributed by atoms with van der Waals surface area (Å²) in [5.41, 5.74) is 13.1. The van der Waals surface area contributed by atoms with Crippen LogP contribution >= 0.6 is 0 Å². The van der Waals surface area contributed by atoms with Crippen LogP contribution in [0, 0.1) is 0 Å². The fourth-order valence-corrected chi connectivity index (χ4v) is 9.55. The minimum atomic E-state index is 0.419. The van der Waals surface area contributed by atoms with Gasteiger partial charge in [-0.1, -0.05) is 115 Å². The molecule has 0 saturated carbocycles. The Bertz CT molecular complexity index is 3190. The SMILES string of the molecule is C1=CCC(c2ccc3cc4c5cc6c(c7c(n6-c6ccccc6)CCC=C7)c6c7cc8ccc(-c9ccccc9)cc8cc7n(c4cc3c2)c56)C=C1. The Morgan fingerprint density at radius 1 is 0.538 bits per heavy atom. The van der Waals surface area contributed by atoms with E-state index in [0.717, 1.165) is 19.3 Å². The van der Waals surface area contributed by atoms with Crippen molar-refractivity contribution < 1.29 is 0 Å². The van der Waals surface area contributed by atoms with Gasteiger partial charge in [-0.05, 0) is 106 Å². The minimum Gasteiger partial charge on any atom is -0.313 e. The average Bonchev–Trinajstić information content (AvgIpc) is 3.83. The second kappa shape index (κ2) is 10.6. The minimum absolute atomic E-state index is 0.419. The van der Waals surface area contributed by atoms with E-state index in [1.165, 1.54) is 104 Å². The van der Waals surface area contributed by atoms with Crippen LogP contribution in [0.3, 0.4) is 0 Å². The third-order valence-corrected chi connectivity index (χ3v) is 11.9. The highest BCUT2D eigenvalue weighted by Gasteiger charge is 2.27. The van der Waals surface area contributed by atoms with Crippen LogP contribution in [0.25, 0.3) is 93.4 Å². The zero-order valence-corrected chi connectivity index (χ0v) is 28.7. The summed E-state index contributed by atoms with van der Waals surface area (Å²) in [5, 5.41) is 11.8. The van der Waals surface area contributed by atoms with Crippen molar-refractivity contribution in [2.75, 3.05) is 0 Å². The summed E-state index contributed by atoms with van der Waals surface area (Å²) < 4.78 is 5.15. The van der Waals surface area contributed by atoms with E-state index in [1.54, 1.807) is 0 Å². The maximum absolute atomic E-state index is 2.59. The van der Waals surface area contributed by atoms with Crippen molar-refractivity contribution in [1.29, 1.82) is 0 Å². The molecule has 0 saturated heterocycles. The summed E-state index contributed by atoms with van der Waals surface area (Å²) in [4.78, 5) is 0. The van der Waals surface area contributed by atoms with Crippen molar-refractivity contribution in [1.82, 2.24) is 8.97 Å². The lowest BCUT2D eigenvalue weighted by Gasteiger charge is -2.14. The molecule has 2 aliphatic carbocycles. The Balaban J connectivity index is 1.25. The number of allylic oxidation sites excluding steroid dienone is 5. The van der Waals surface area contributed by atoms with Crippen LogP contribution in [0.5, 0.6) is 0 Å². The largest absolute Gasteiger partial charge is 0.313 e. The summed E-state index contributed by atoms with van der Waals surface area (Å²) in [5.74, 6) is 0.419. The first-order valence-electron chi connectivity index (χ1n) is 18.6. The lowest BCUT2D eigenvalue weighted by atomic mass is 9.90. The summed E-state index contributed by atoms with van der Waals surface area (Å²) in [6, 6.07) is 48.1. The van der Waals surface area contributed by atoms with Gasteiger partial charge in [-0.15, -0.1) is 0 Å². The monoisotopic (exact) mass is 662 g/mol. The van der Waals surface area contributed by atoms with Gasteiger partial charge in [0.05, 0.1) is 22.1 Å². The molecule has 7 aromatic carbocycles. The quantitative estimate of drug-likeness (QED) is 0.178. The van der Waals surface area contributed by atoms with Gasteiger partial charge in [0.15, 0.2) is 0 Å². The van der Waals surface area contributed by atoms with E-state index in [-0.39, 0.29) is 0 Å². The third kappa shape index (κ3) is 3.90. The summed E-state index contributed by atoms with van der Waals surface area (Å²) in [6.45, 7) is 0. The molecule has 1 atom stereocenters. The highest BCUT2D eigenvalue weighted by molar-refractivity contribution is 6.34. The Kier molecular flexibility index (Phi) is 5.76. The number of hydrogen-bond donors (Lipinski definition) is 0. The molecule has 10 aromatic rings. The zero-order chi connectivity index (χ0) is 33.9. The van der Waals surface area contributed by atoms with Crippen molar-refractivity contribution in [3.05, 3.63) is 175 Å². The van der Waals surface area contributed by atoms with Crippen LogP contribution in [-0.4, -0.2) is 8.97 Å². The van der Waals surface area contributed by atoms with E-state index in [9.17, 15) is 0 Å². The van der Waals surface area contributed by atoms with E-state index < -0.39 is 0 Å². The fourth-order valence-electron chi connectivity index (χ4n) is 9.55. The molecule has 2 aliphatic rings. The lowest BCUT2D eigenvalue weighted by Crippen LogP contribution is -2.02. The highest BCUT2D eigenvalue weighted by Crippen LogP contribution is 2.48. The molecule has 0 N–H and O–H groups in total. The van der Waals surface area contributed by atoms with Gasteiger partial charge in [0.1, 0.15) is 0 Å². The van der Waals surface area contributed by atoms with Gasteiger partial charge in [0.2, 0.25) is 0 Å². The van der Waals surface area contributed by atoms with Gasteiger partial charge in [-0.2, -0.15) is 0 Å². The molecule has 0 radical (unpaired) electrons. The summed E-state index contributed by atoms with van der Waals surface area (Å²) in [7, 11) is 0. The normalized spacial score (nSPS) is 15.8. The molecule has 0 aliphatic heterocycles. The highest BCUT2D eigenvalue weighted by atomic mass is 15.0. The fraction of sp³-hybridized carbons (Fsp3) is 0.0800. The van der Waals surface area contributed by atoms with E-state index >= 15 is 0 Å². The van der Waals surface area contributed by atoms with Crippen molar-refractivity contribution >= 4 is 76.6 Å². The summed E-state index contributed by atoms with van der Waals surface area (Å²) >= 11 is 0. The van der Waals surface area contributed by atoms with Crippen molar-refractivity contribution in [3.63, 3.8) is 0 Å². The number of fused-ring (bicyclic) bond motifs is 12. The van der Waals surface area contributed by atoms with E-state index in [2.05, 4.69) is 173 Å². The van der Waals surface area contributed by atoms with Crippen molar-refractivity contribution in [3.8, 4) is 16.8 Å². The smallest absolute Gasteiger partial charge is 0.0628 e. The number of hydrogen-bond acceptors (Lipinski definition) is 0. The lowest BCUT2D eigenvalue weighted by molar-refractivity contribution is 0.855. The molecular weight excluding hydrogens is 629 g/mol. The molecule has 0 amide bonds. The molecule has 0 fully saturated rings. The molecule has 3 aromatic heterocycles. The average molecular weight is 663 g/mol. The van der Waals surface area contributed by atoms with Crippen molar-refractivity contribution in [2.45, 2.75) is 25.2 Å². The second-order valence-electron chi connectivity index (χ2n) is 14.8. The second-order valence-corrected chi connectivity index (χ2v) is 14.8. The van der Waals surface area contributed by atoms with Crippen LogP contribution in [0.4, 0.5) is 0 Å². The zero-order valence-electron chi connectivity index (χ0n) is 28.7. The molecule has 3 heterocycles. The third-order valence-electron chi connectivity index (χ3n) is 11.9.